The van der Waals surface area contributed by atoms with Gasteiger partial charge in [-0.3, -0.25) is 14.4 Å². The molecule has 7 heteroatoms. The van der Waals surface area contributed by atoms with Crippen molar-refractivity contribution in [2.45, 2.75) is 0 Å². The van der Waals surface area contributed by atoms with Gasteiger partial charge < -0.3 is 5.32 Å². The predicted molar refractivity (Wildman–Crippen MR) is 57.9 cm³/mol. The van der Waals surface area contributed by atoms with Crippen LogP contribution < -0.4 is 10.8 Å². The lowest BCUT2D eigenvalue weighted by Crippen LogP contribution is -2.34. The highest BCUT2D eigenvalue weighted by Gasteiger charge is 2.15. The fourth-order valence-corrected chi connectivity index (χ4v) is 1.27. The van der Waals surface area contributed by atoms with Crippen molar-refractivity contribution in [1.29, 1.82) is 0 Å². The molecule has 2 N–H and O–H groups in total. The van der Waals surface area contributed by atoms with E-state index in [1.54, 1.807) is 0 Å². The van der Waals surface area contributed by atoms with Crippen molar-refractivity contribution in [1.82, 2.24) is 5.48 Å². The molecule has 2 amide bonds. The molecule has 0 aliphatic heterocycles. The van der Waals surface area contributed by atoms with E-state index >= 15 is 0 Å². The third-order valence-electron chi connectivity index (χ3n) is 1.58. The minimum atomic E-state index is -1.01. The van der Waals surface area contributed by atoms with Crippen molar-refractivity contribution in [3.8, 4) is 0 Å². The fourth-order valence-electron chi connectivity index (χ4n) is 0.911. The summed E-state index contributed by atoms with van der Waals surface area (Å²) in [5.74, 6) is -2.66. The van der Waals surface area contributed by atoms with Crippen LogP contribution in [0.5, 0.6) is 0 Å². The number of nitrogens with one attached hydrogen (secondary N) is 2. The van der Waals surface area contributed by atoms with Crippen molar-refractivity contribution in [2.75, 3.05) is 12.4 Å². The lowest BCUT2D eigenvalue weighted by atomic mass is 10.3. The second-order valence-corrected chi connectivity index (χ2v) is 3.63. The number of benzene rings is 1. The maximum atomic E-state index is 13.2. The second-order valence-electron chi connectivity index (χ2n) is 2.71. The number of carbonyl (C=O) groups excluding carboxylic acids is 2. The highest BCUT2D eigenvalue weighted by Crippen LogP contribution is 2.19. The maximum Gasteiger partial charge on any atom is 0.333 e. The van der Waals surface area contributed by atoms with E-state index in [1.165, 1.54) is 19.2 Å². The van der Waals surface area contributed by atoms with Gasteiger partial charge in [-0.2, -0.15) is 0 Å². The van der Waals surface area contributed by atoms with Crippen LogP contribution in [0.2, 0.25) is 0 Å². The predicted octanol–water partition coefficient (Wildman–Crippen LogP) is 1.20. The van der Waals surface area contributed by atoms with Crippen LogP contribution in [-0.4, -0.2) is 18.9 Å². The molecule has 86 valence electrons. The molecule has 0 spiro atoms. The molecule has 0 saturated carbocycles. The summed E-state index contributed by atoms with van der Waals surface area (Å²) < 4.78 is 13.8. The maximum absolute atomic E-state index is 13.2. The Morgan fingerprint density at radius 1 is 1.38 bits per heavy atom. The molecule has 0 aromatic heterocycles. The van der Waals surface area contributed by atoms with Crippen LogP contribution in [0.25, 0.3) is 0 Å². The van der Waals surface area contributed by atoms with Crippen LogP contribution in [-0.2, 0) is 14.4 Å². The summed E-state index contributed by atoms with van der Waals surface area (Å²) in [6.07, 6.45) is 0. The molecule has 0 atom stereocenters. The molecule has 1 rings (SSSR count). The van der Waals surface area contributed by atoms with Gasteiger partial charge in [-0.15, -0.1) is 0 Å². The first-order valence-electron chi connectivity index (χ1n) is 4.14. The van der Waals surface area contributed by atoms with E-state index in [0.29, 0.717) is 4.47 Å². The van der Waals surface area contributed by atoms with E-state index < -0.39 is 17.6 Å². The van der Waals surface area contributed by atoms with Crippen LogP contribution in [0, 0.1) is 5.82 Å². The van der Waals surface area contributed by atoms with E-state index in [4.69, 9.17) is 0 Å². The smallest absolute Gasteiger partial charge is 0.315 e. The summed E-state index contributed by atoms with van der Waals surface area (Å²) in [7, 11) is 1.19. The Kier molecular flexibility index (Phi) is 4.39. The molecule has 0 unspecified atom stereocenters. The molecule has 0 aliphatic rings. The average molecular weight is 291 g/mol. The van der Waals surface area contributed by atoms with Crippen molar-refractivity contribution in [3.63, 3.8) is 0 Å². The van der Waals surface area contributed by atoms with Gasteiger partial charge in [0.1, 0.15) is 5.82 Å². The number of rotatable bonds is 2. The van der Waals surface area contributed by atoms with E-state index in [0.717, 1.165) is 6.07 Å². The number of hydrogen-bond acceptors (Lipinski definition) is 3. The van der Waals surface area contributed by atoms with Gasteiger partial charge in [0.25, 0.3) is 0 Å². The molecule has 1 aromatic rings. The van der Waals surface area contributed by atoms with Gasteiger partial charge in [-0.1, -0.05) is 15.9 Å². The van der Waals surface area contributed by atoms with Gasteiger partial charge in [-0.25, -0.2) is 9.87 Å². The number of amides is 2. The first kappa shape index (κ1) is 12.6. The summed E-state index contributed by atoms with van der Waals surface area (Å²) in [5, 5.41) is 2.10. The highest BCUT2D eigenvalue weighted by molar-refractivity contribution is 9.10. The molecule has 1 aromatic carbocycles. The topological polar surface area (TPSA) is 67.4 Å². The van der Waals surface area contributed by atoms with Gasteiger partial charge in [0.05, 0.1) is 12.8 Å². The number of hydrogen-bond donors (Lipinski definition) is 2. The van der Waals surface area contributed by atoms with E-state index in [-0.39, 0.29) is 5.69 Å². The number of halogens is 2. The zero-order valence-corrected chi connectivity index (χ0v) is 9.80. The number of anilines is 1. The minimum absolute atomic E-state index is 0.0920. The molecule has 0 aliphatic carbocycles. The van der Waals surface area contributed by atoms with Crippen molar-refractivity contribution >= 4 is 33.4 Å². The van der Waals surface area contributed by atoms with Crippen molar-refractivity contribution in [2.24, 2.45) is 0 Å². The monoisotopic (exact) mass is 290 g/mol. The molecule has 0 fully saturated rings. The Balaban J connectivity index is 2.76. The average Bonchev–Trinajstić information content (AvgIpc) is 2.23. The lowest BCUT2D eigenvalue weighted by Gasteiger charge is -2.06. The summed E-state index contributed by atoms with van der Waals surface area (Å²) >= 11 is 3.11. The van der Waals surface area contributed by atoms with Gasteiger partial charge in [-0.05, 0) is 18.2 Å². The molecule has 0 bridgehead atoms. The van der Waals surface area contributed by atoms with E-state index in [2.05, 4.69) is 26.1 Å². The van der Waals surface area contributed by atoms with Crippen LogP contribution in [0.3, 0.4) is 0 Å². The van der Waals surface area contributed by atoms with E-state index in [9.17, 15) is 14.0 Å². The highest BCUT2D eigenvalue weighted by atomic mass is 79.9. The molecular formula is C9H8BrFN2O3. The number of carbonyl (C=O) groups is 2. The molecular weight excluding hydrogens is 283 g/mol. The molecule has 0 saturated heterocycles. The standard InChI is InChI=1S/C9H8BrFN2O3/c1-16-13-9(15)8(14)12-7-4-5(10)2-3-6(7)11/h2-4H,1H3,(H,12,14)(H,13,15). The van der Waals surface area contributed by atoms with Crippen LogP contribution in [0.4, 0.5) is 10.1 Å². The Morgan fingerprint density at radius 3 is 2.69 bits per heavy atom. The largest absolute Gasteiger partial charge is 0.333 e. The Hall–Kier alpha value is -1.47. The Bertz CT molecular complexity index is 425. The molecule has 0 heterocycles. The Labute approximate surface area is 99.0 Å². The normalized spacial score (nSPS) is 9.69. The second kappa shape index (κ2) is 5.57. The van der Waals surface area contributed by atoms with Gasteiger partial charge in [0, 0.05) is 4.47 Å². The van der Waals surface area contributed by atoms with Gasteiger partial charge >= 0.3 is 11.8 Å². The van der Waals surface area contributed by atoms with Crippen LogP contribution >= 0.6 is 15.9 Å². The summed E-state index contributed by atoms with van der Waals surface area (Å²) in [6, 6.07) is 3.97. The van der Waals surface area contributed by atoms with Crippen molar-refractivity contribution in [3.05, 3.63) is 28.5 Å². The van der Waals surface area contributed by atoms with Gasteiger partial charge in [0.2, 0.25) is 0 Å². The zero-order valence-electron chi connectivity index (χ0n) is 8.21. The first-order valence-corrected chi connectivity index (χ1v) is 4.93. The summed E-state index contributed by atoms with van der Waals surface area (Å²) in [6.45, 7) is 0. The van der Waals surface area contributed by atoms with Crippen LogP contribution in [0.15, 0.2) is 22.7 Å². The fraction of sp³-hybridized carbons (Fsp3) is 0.111. The van der Waals surface area contributed by atoms with Crippen molar-refractivity contribution < 1.29 is 18.8 Å². The molecule has 0 radical (unpaired) electrons. The third kappa shape index (κ3) is 3.28. The summed E-state index contributed by atoms with van der Waals surface area (Å²) in [5.41, 5.74) is 1.72. The lowest BCUT2D eigenvalue weighted by molar-refractivity contribution is -0.142. The number of hydroxylamine groups is 1. The quantitative estimate of drug-likeness (QED) is 0.635. The summed E-state index contributed by atoms with van der Waals surface area (Å²) in [4.78, 5) is 26.4. The van der Waals surface area contributed by atoms with Gasteiger partial charge in [0.15, 0.2) is 0 Å². The third-order valence-corrected chi connectivity index (χ3v) is 2.07. The Morgan fingerprint density at radius 2 is 2.06 bits per heavy atom. The zero-order chi connectivity index (χ0) is 12.1. The van der Waals surface area contributed by atoms with Crippen LogP contribution in [0.1, 0.15) is 0 Å². The molecule has 5 nitrogen and oxygen atoms in total. The minimum Gasteiger partial charge on any atom is -0.315 e. The molecule has 16 heavy (non-hydrogen) atoms. The first-order chi connectivity index (χ1) is 7.54. The SMILES string of the molecule is CONC(=O)C(=O)Nc1cc(Br)ccc1F. The van der Waals surface area contributed by atoms with E-state index in [1.807, 2.05) is 5.48 Å².